The van der Waals surface area contributed by atoms with Gasteiger partial charge in [0.2, 0.25) is 5.91 Å². The van der Waals surface area contributed by atoms with Crippen LogP contribution in [0.15, 0.2) is 55.0 Å². The number of hydrogen-bond acceptors (Lipinski definition) is 4. The summed E-state index contributed by atoms with van der Waals surface area (Å²) in [5.41, 5.74) is 3.14. The van der Waals surface area contributed by atoms with Gasteiger partial charge in [0.1, 0.15) is 0 Å². The Hall–Kier alpha value is -2.73. The lowest BCUT2D eigenvalue weighted by molar-refractivity contribution is -0.133. The molecular formula is C20H23N5O. The second-order valence-corrected chi connectivity index (χ2v) is 6.65. The highest BCUT2D eigenvalue weighted by atomic mass is 16.2. The SMILES string of the molecule is O=C(CCn1cnc2ccccc21)N1CCN(Cc2ccccn2)CC1. The van der Waals surface area contributed by atoms with Gasteiger partial charge in [-0.05, 0) is 24.3 Å². The van der Waals surface area contributed by atoms with E-state index in [1.807, 2.05) is 59.9 Å². The third-order valence-corrected chi connectivity index (χ3v) is 4.93. The monoisotopic (exact) mass is 349 g/mol. The van der Waals surface area contributed by atoms with E-state index < -0.39 is 0 Å². The van der Waals surface area contributed by atoms with Crippen molar-refractivity contribution in [3.05, 3.63) is 60.7 Å². The van der Waals surface area contributed by atoms with Crippen LogP contribution in [0.5, 0.6) is 0 Å². The number of carbonyl (C=O) groups excluding carboxylic acids is 1. The van der Waals surface area contributed by atoms with Crippen molar-refractivity contribution in [2.24, 2.45) is 0 Å². The number of rotatable bonds is 5. The molecule has 3 heterocycles. The minimum absolute atomic E-state index is 0.222. The van der Waals surface area contributed by atoms with Crippen LogP contribution in [0, 0.1) is 0 Å². The first-order valence-electron chi connectivity index (χ1n) is 9.09. The number of amides is 1. The fourth-order valence-corrected chi connectivity index (χ4v) is 3.44. The number of aromatic nitrogens is 3. The number of benzene rings is 1. The molecule has 0 N–H and O–H groups in total. The summed E-state index contributed by atoms with van der Waals surface area (Å²) < 4.78 is 2.06. The number of pyridine rings is 1. The molecule has 3 aromatic rings. The first-order valence-corrected chi connectivity index (χ1v) is 9.09. The standard InChI is InChI=1S/C20H23N5O/c26-20(8-10-25-16-22-18-6-1-2-7-19(18)25)24-13-11-23(12-14-24)15-17-5-3-4-9-21-17/h1-7,9,16H,8,10-15H2. The Bertz CT molecular complexity index is 868. The molecule has 1 amide bonds. The number of imidazole rings is 1. The lowest BCUT2D eigenvalue weighted by Crippen LogP contribution is -2.48. The normalized spacial score (nSPS) is 15.5. The van der Waals surface area contributed by atoms with Crippen molar-refractivity contribution in [2.75, 3.05) is 26.2 Å². The zero-order valence-electron chi connectivity index (χ0n) is 14.8. The Morgan fingerprint density at radius 2 is 1.77 bits per heavy atom. The molecule has 0 unspecified atom stereocenters. The number of fused-ring (bicyclic) bond motifs is 1. The van der Waals surface area contributed by atoms with Crippen LogP contribution in [-0.4, -0.2) is 56.4 Å². The number of para-hydroxylation sites is 2. The number of aryl methyl sites for hydroxylation is 1. The number of piperazine rings is 1. The summed E-state index contributed by atoms with van der Waals surface area (Å²) in [5.74, 6) is 0.222. The summed E-state index contributed by atoms with van der Waals surface area (Å²) in [4.78, 5) is 25.7. The van der Waals surface area contributed by atoms with Gasteiger partial charge in [-0.25, -0.2) is 4.98 Å². The molecule has 0 atom stereocenters. The molecule has 1 aliphatic rings. The number of hydrogen-bond donors (Lipinski definition) is 0. The van der Waals surface area contributed by atoms with Gasteiger partial charge in [-0.1, -0.05) is 18.2 Å². The minimum Gasteiger partial charge on any atom is -0.340 e. The van der Waals surface area contributed by atoms with Gasteiger partial charge >= 0.3 is 0 Å². The first-order chi connectivity index (χ1) is 12.8. The molecule has 134 valence electrons. The van der Waals surface area contributed by atoms with Gasteiger partial charge in [-0.2, -0.15) is 0 Å². The van der Waals surface area contributed by atoms with Gasteiger partial charge < -0.3 is 9.47 Å². The van der Waals surface area contributed by atoms with Crippen LogP contribution >= 0.6 is 0 Å². The highest BCUT2D eigenvalue weighted by molar-refractivity contribution is 5.77. The van der Waals surface area contributed by atoms with Crippen LogP contribution in [0.4, 0.5) is 0 Å². The van der Waals surface area contributed by atoms with Crippen LogP contribution in [-0.2, 0) is 17.9 Å². The summed E-state index contributed by atoms with van der Waals surface area (Å²) >= 11 is 0. The van der Waals surface area contributed by atoms with Gasteiger partial charge in [0.15, 0.2) is 0 Å². The van der Waals surface area contributed by atoms with E-state index in [2.05, 4.69) is 19.4 Å². The van der Waals surface area contributed by atoms with Crippen molar-refractivity contribution >= 4 is 16.9 Å². The fourth-order valence-electron chi connectivity index (χ4n) is 3.44. The quantitative estimate of drug-likeness (QED) is 0.708. The summed E-state index contributed by atoms with van der Waals surface area (Å²) in [6.07, 6.45) is 4.16. The molecule has 1 saturated heterocycles. The largest absolute Gasteiger partial charge is 0.340 e. The number of carbonyl (C=O) groups is 1. The summed E-state index contributed by atoms with van der Waals surface area (Å²) in [6, 6.07) is 14.0. The minimum atomic E-state index is 0.222. The Morgan fingerprint density at radius 1 is 0.962 bits per heavy atom. The molecule has 6 nitrogen and oxygen atoms in total. The molecule has 0 bridgehead atoms. The maximum Gasteiger partial charge on any atom is 0.224 e. The van der Waals surface area contributed by atoms with Gasteiger partial charge in [0.05, 0.1) is 23.1 Å². The predicted octanol–water partition coefficient (Wildman–Crippen LogP) is 2.17. The van der Waals surface area contributed by atoms with E-state index in [-0.39, 0.29) is 5.91 Å². The van der Waals surface area contributed by atoms with Crippen LogP contribution < -0.4 is 0 Å². The average Bonchev–Trinajstić information content (AvgIpc) is 3.11. The van der Waals surface area contributed by atoms with E-state index in [4.69, 9.17) is 0 Å². The Labute approximate surface area is 153 Å². The first kappa shape index (κ1) is 16.7. The third-order valence-electron chi connectivity index (χ3n) is 4.93. The summed E-state index contributed by atoms with van der Waals surface area (Å²) in [5, 5.41) is 0. The molecule has 1 aliphatic heterocycles. The summed E-state index contributed by atoms with van der Waals surface area (Å²) in [6.45, 7) is 4.90. The Kier molecular flexibility index (Phi) is 4.93. The van der Waals surface area contributed by atoms with E-state index in [1.54, 1.807) is 0 Å². The number of nitrogens with zero attached hydrogens (tertiary/aromatic N) is 5. The molecule has 6 heteroatoms. The average molecular weight is 349 g/mol. The van der Waals surface area contributed by atoms with Gasteiger partial charge in [0.25, 0.3) is 0 Å². The van der Waals surface area contributed by atoms with Crippen molar-refractivity contribution in [3.8, 4) is 0 Å². The zero-order valence-corrected chi connectivity index (χ0v) is 14.8. The predicted molar refractivity (Wildman–Crippen MR) is 100 cm³/mol. The highest BCUT2D eigenvalue weighted by Gasteiger charge is 2.21. The Balaban J connectivity index is 1.27. The second-order valence-electron chi connectivity index (χ2n) is 6.65. The van der Waals surface area contributed by atoms with E-state index in [1.165, 1.54) is 0 Å². The van der Waals surface area contributed by atoms with Crippen LogP contribution in [0.1, 0.15) is 12.1 Å². The molecule has 0 saturated carbocycles. The molecule has 0 aliphatic carbocycles. The molecule has 4 rings (SSSR count). The molecule has 0 spiro atoms. The van der Waals surface area contributed by atoms with Crippen molar-refractivity contribution in [2.45, 2.75) is 19.5 Å². The molecule has 0 radical (unpaired) electrons. The van der Waals surface area contributed by atoms with Gasteiger partial charge in [0, 0.05) is 51.9 Å². The molecular weight excluding hydrogens is 326 g/mol. The van der Waals surface area contributed by atoms with Gasteiger partial charge in [-0.3, -0.25) is 14.7 Å². The lowest BCUT2D eigenvalue weighted by Gasteiger charge is -2.34. The Morgan fingerprint density at radius 3 is 2.58 bits per heavy atom. The van der Waals surface area contributed by atoms with Crippen molar-refractivity contribution in [1.29, 1.82) is 0 Å². The smallest absolute Gasteiger partial charge is 0.224 e. The maximum atomic E-state index is 12.6. The van der Waals surface area contributed by atoms with Crippen molar-refractivity contribution < 1.29 is 4.79 Å². The maximum absolute atomic E-state index is 12.6. The molecule has 26 heavy (non-hydrogen) atoms. The molecule has 1 aromatic carbocycles. The second kappa shape index (κ2) is 7.66. The molecule has 2 aromatic heterocycles. The van der Waals surface area contributed by atoms with Crippen LogP contribution in [0.3, 0.4) is 0 Å². The van der Waals surface area contributed by atoms with Crippen molar-refractivity contribution in [1.82, 2.24) is 24.3 Å². The molecule has 1 fully saturated rings. The van der Waals surface area contributed by atoms with Gasteiger partial charge in [-0.15, -0.1) is 0 Å². The van der Waals surface area contributed by atoms with Crippen LogP contribution in [0.2, 0.25) is 0 Å². The fraction of sp³-hybridized carbons (Fsp3) is 0.350. The highest BCUT2D eigenvalue weighted by Crippen LogP contribution is 2.13. The topological polar surface area (TPSA) is 54.3 Å². The third kappa shape index (κ3) is 3.75. The summed E-state index contributed by atoms with van der Waals surface area (Å²) in [7, 11) is 0. The van der Waals surface area contributed by atoms with E-state index in [0.717, 1.165) is 49.5 Å². The van der Waals surface area contributed by atoms with E-state index in [0.29, 0.717) is 13.0 Å². The van der Waals surface area contributed by atoms with Crippen molar-refractivity contribution in [3.63, 3.8) is 0 Å². The van der Waals surface area contributed by atoms with E-state index in [9.17, 15) is 4.79 Å². The zero-order chi connectivity index (χ0) is 17.8. The lowest BCUT2D eigenvalue weighted by atomic mass is 10.2. The van der Waals surface area contributed by atoms with E-state index >= 15 is 0 Å². The van der Waals surface area contributed by atoms with Crippen LogP contribution in [0.25, 0.3) is 11.0 Å².